The van der Waals surface area contributed by atoms with Gasteiger partial charge in [-0.2, -0.15) is 10.2 Å². The number of rotatable bonds is 6. The molecule has 0 bridgehead atoms. The molecule has 4 nitrogen and oxygen atoms in total. The molecule has 0 saturated heterocycles. The third-order valence-electron chi connectivity index (χ3n) is 6.93. The Kier molecular flexibility index (Phi) is 6.38. The summed E-state index contributed by atoms with van der Waals surface area (Å²) in [7, 11) is 0. The van der Waals surface area contributed by atoms with Gasteiger partial charge < -0.3 is 0 Å². The van der Waals surface area contributed by atoms with Gasteiger partial charge in [0.25, 0.3) is 0 Å². The van der Waals surface area contributed by atoms with Crippen LogP contribution in [-0.2, 0) is 0 Å². The van der Waals surface area contributed by atoms with Crippen molar-refractivity contribution in [3.05, 3.63) is 131 Å². The standard InChI is InChI=1S/C33H30N4S/c1-22-20-24(3)36(34-22)33(37-25(4)21-23(2)35-37)31-13-7-8-15-32(31)38-28-18-16-27(17-19-28)30-14-9-11-26-10-5-6-12-29(26)30/h5-21,33H,1-4H3. The molecule has 2 aromatic heterocycles. The van der Waals surface area contributed by atoms with Crippen LogP contribution < -0.4 is 0 Å². The van der Waals surface area contributed by atoms with Gasteiger partial charge in [-0.3, -0.25) is 0 Å². The van der Waals surface area contributed by atoms with E-state index in [1.54, 1.807) is 11.8 Å². The van der Waals surface area contributed by atoms with Crippen molar-refractivity contribution in [1.82, 2.24) is 19.6 Å². The fraction of sp³-hybridized carbons (Fsp3) is 0.152. The lowest BCUT2D eigenvalue weighted by Gasteiger charge is -2.24. The Labute approximate surface area is 228 Å². The van der Waals surface area contributed by atoms with Gasteiger partial charge >= 0.3 is 0 Å². The van der Waals surface area contributed by atoms with Crippen molar-refractivity contribution in [3.8, 4) is 11.1 Å². The zero-order valence-corrected chi connectivity index (χ0v) is 22.9. The van der Waals surface area contributed by atoms with Crippen LogP contribution in [0.15, 0.2) is 113 Å². The van der Waals surface area contributed by atoms with Crippen molar-refractivity contribution in [2.45, 2.75) is 43.7 Å². The summed E-state index contributed by atoms with van der Waals surface area (Å²) < 4.78 is 4.19. The van der Waals surface area contributed by atoms with Crippen LogP contribution in [-0.4, -0.2) is 19.6 Å². The molecular formula is C33H30N4S. The topological polar surface area (TPSA) is 35.6 Å². The molecule has 0 unspecified atom stereocenters. The summed E-state index contributed by atoms with van der Waals surface area (Å²) >= 11 is 1.78. The number of hydrogen-bond donors (Lipinski definition) is 0. The molecule has 0 aliphatic carbocycles. The Morgan fingerprint density at radius 1 is 0.632 bits per heavy atom. The monoisotopic (exact) mass is 514 g/mol. The molecule has 0 atom stereocenters. The summed E-state index contributed by atoms with van der Waals surface area (Å²) in [5.74, 6) is 0. The van der Waals surface area contributed by atoms with Gasteiger partial charge in [0, 0.05) is 26.7 Å². The maximum absolute atomic E-state index is 4.88. The van der Waals surface area contributed by atoms with Crippen LogP contribution in [0.5, 0.6) is 0 Å². The summed E-state index contributed by atoms with van der Waals surface area (Å²) in [6, 6.07) is 36.8. The van der Waals surface area contributed by atoms with Crippen molar-refractivity contribution in [1.29, 1.82) is 0 Å². The zero-order chi connectivity index (χ0) is 26.2. The number of benzene rings is 4. The molecule has 0 fully saturated rings. The molecule has 6 aromatic rings. The van der Waals surface area contributed by atoms with Gasteiger partial charge in [0.1, 0.15) is 0 Å². The van der Waals surface area contributed by atoms with Gasteiger partial charge in [-0.15, -0.1) is 0 Å². The molecule has 0 amide bonds. The van der Waals surface area contributed by atoms with E-state index in [4.69, 9.17) is 10.2 Å². The molecule has 0 spiro atoms. The quantitative estimate of drug-likeness (QED) is 0.224. The molecule has 6 rings (SSSR count). The minimum Gasteiger partial charge on any atom is -0.240 e. The first-order valence-electron chi connectivity index (χ1n) is 12.9. The van der Waals surface area contributed by atoms with E-state index >= 15 is 0 Å². The molecule has 5 heteroatoms. The number of fused-ring (bicyclic) bond motifs is 1. The normalized spacial score (nSPS) is 11.5. The van der Waals surface area contributed by atoms with Crippen LogP contribution in [0.4, 0.5) is 0 Å². The van der Waals surface area contributed by atoms with E-state index in [0.29, 0.717) is 0 Å². The smallest absolute Gasteiger partial charge is 0.170 e. The van der Waals surface area contributed by atoms with Crippen LogP contribution >= 0.6 is 11.8 Å². The van der Waals surface area contributed by atoms with E-state index in [9.17, 15) is 0 Å². The Morgan fingerprint density at radius 2 is 1.24 bits per heavy atom. The Morgan fingerprint density at radius 3 is 1.89 bits per heavy atom. The third-order valence-corrected chi connectivity index (χ3v) is 8.03. The predicted octanol–water partition coefficient (Wildman–Crippen LogP) is 8.38. The maximum atomic E-state index is 4.88. The largest absolute Gasteiger partial charge is 0.240 e. The lowest BCUT2D eigenvalue weighted by atomic mass is 9.98. The number of nitrogens with zero attached hydrogens (tertiary/aromatic N) is 4. The highest BCUT2D eigenvalue weighted by Gasteiger charge is 2.24. The van der Waals surface area contributed by atoms with Gasteiger partial charge in [-0.1, -0.05) is 84.6 Å². The minimum absolute atomic E-state index is 0.170. The van der Waals surface area contributed by atoms with Gasteiger partial charge in [-0.25, -0.2) is 9.36 Å². The van der Waals surface area contributed by atoms with Crippen molar-refractivity contribution >= 4 is 22.5 Å². The molecule has 0 aliphatic heterocycles. The fourth-order valence-corrected chi connectivity index (χ4v) is 6.21. The molecule has 0 aliphatic rings. The highest BCUT2D eigenvalue weighted by Crippen LogP contribution is 2.37. The minimum atomic E-state index is -0.170. The van der Waals surface area contributed by atoms with Crippen LogP contribution in [0.25, 0.3) is 21.9 Å². The van der Waals surface area contributed by atoms with Crippen LogP contribution in [0.3, 0.4) is 0 Å². The summed E-state index contributed by atoms with van der Waals surface area (Å²) in [6.45, 7) is 8.31. The van der Waals surface area contributed by atoms with Crippen LogP contribution in [0.2, 0.25) is 0 Å². The first-order valence-corrected chi connectivity index (χ1v) is 13.7. The average Bonchev–Trinajstić information content (AvgIpc) is 3.44. The number of aromatic nitrogens is 4. The summed E-state index contributed by atoms with van der Waals surface area (Å²) in [6.07, 6.45) is -0.170. The Hall–Kier alpha value is -4.09. The van der Waals surface area contributed by atoms with E-state index < -0.39 is 0 Å². The second-order valence-corrected chi connectivity index (χ2v) is 10.9. The summed E-state index contributed by atoms with van der Waals surface area (Å²) in [5.41, 5.74) is 7.88. The van der Waals surface area contributed by atoms with E-state index in [0.717, 1.165) is 22.8 Å². The molecule has 0 N–H and O–H groups in total. The zero-order valence-electron chi connectivity index (χ0n) is 22.1. The highest BCUT2D eigenvalue weighted by molar-refractivity contribution is 7.99. The van der Waals surface area contributed by atoms with E-state index in [1.165, 1.54) is 37.3 Å². The molecule has 2 heterocycles. The Bertz CT molecular complexity index is 1690. The van der Waals surface area contributed by atoms with E-state index in [2.05, 4.69) is 126 Å². The van der Waals surface area contributed by atoms with E-state index in [1.807, 2.05) is 13.8 Å². The van der Waals surface area contributed by atoms with Crippen molar-refractivity contribution < 1.29 is 0 Å². The van der Waals surface area contributed by atoms with E-state index in [-0.39, 0.29) is 6.17 Å². The van der Waals surface area contributed by atoms with Crippen LogP contribution in [0.1, 0.15) is 34.5 Å². The van der Waals surface area contributed by atoms with Gasteiger partial charge in [0.05, 0.1) is 11.4 Å². The van der Waals surface area contributed by atoms with Gasteiger partial charge in [0.15, 0.2) is 6.17 Å². The fourth-order valence-electron chi connectivity index (χ4n) is 5.25. The molecule has 0 radical (unpaired) electrons. The summed E-state index contributed by atoms with van der Waals surface area (Å²) in [5, 5.41) is 12.3. The maximum Gasteiger partial charge on any atom is 0.170 e. The van der Waals surface area contributed by atoms with Gasteiger partial charge in [0.2, 0.25) is 0 Å². The molecule has 0 saturated carbocycles. The molecule has 38 heavy (non-hydrogen) atoms. The molecular weight excluding hydrogens is 484 g/mol. The second-order valence-electron chi connectivity index (χ2n) is 9.81. The average molecular weight is 515 g/mol. The highest BCUT2D eigenvalue weighted by atomic mass is 32.2. The third kappa shape index (κ3) is 4.54. The lowest BCUT2D eigenvalue weighted by Crippen LogP contribution is -2.24. The number of hydrogen-bond acceptors (Lipinski definition) is 3. The predicted molar refractivity (Wildman–Crippen MR) is 157 cm³/mol. The first kappa shape index (κ1) is 24.3. The van der Waals surface area contributed by atoms with Gasteiger partial charge in [-0.05, 0) is 79.9 Å². The summed E-state index contributed by atoms with van der Waals surface area (Å²) in [4.78, 5) is 2.39. The SMILES string of the molecule is Cc1cc(C)n(C(c2ccccc2Sc2ccc(-c3cccc4ccccc34)cc2)n2nc(C)cc2C)n1. The molecule has 188 valence electrons. The number of aryl methyl sites for hydroxylation is 4. The first-order chi connectivity index (χ1) is 18.5. The molecule has 4 aromatic carbocycles. The Balaban J connectivity index is 1.38. The van der Waals surface area contributed by atoms with Crippen LogP contribution in [0, 0.1) is 27.7 Å². The van der Waals surface area contributed by atoms with Crippen molar-refractivity contribution in [2.24, 2.45) is 0 Å². The van der Waals surface area contributed by atoms with Crippen molar-refractivity contribution in [2.75, 3.05) is 0 Å². The lowest BCUT2D eigenvalue weighted by molar-refractivity contribution is 0.396. The second kappa shape index (κ2) is 9.99. The van der Waals surface area contributed by atoms with Crippen molar-refractivity contribution in [3.63, 3.8) is 0 Å².